The highest BCUT2D eigenvalue weighted by Crippen LogP contribution is 2.29. The highest BCUT2D eigenvalue weighted by Gasteiger charge is 2.27. The summed E-state index contributed by atoms with van der Waals surface area (Å²) in [6.45, 7) is 1.18. The molecule has 12 nitrogen and oxygen atoms in total. The van der Waals surface area contributed by atoms with E-state index in [1.807, 2.05) is 30.3 Å². The minimum Gasteiger partial charge on any atom is -0.497 e. The van der Waals surface area contributed by atoms with Gasteiger partial charge < -0.3 is 15.4 Å². The van der Waals surface area contributed by atoms with E-state index in [1.165, 1.54) is 10.2 Å². The second kappa shape index (κ2) is 9.96. The standard InChI is InChI=1S/C26H27N9O3/c1-37-18-11-12-19-17(14-18)7-4-9-20(19)28-30-26(36)23-22(35(33-29-23)25-24(27)31-38-32-25)15-34-13-5-8-16-6-2-3-10-21(16)34/h2-3,6,10-12,14H,4-5,7-9,13,15H2,1H3,(H2,27,31)(H,30,36)/b28-20-. The summed E-state index contributed by atoms with van der Waals surface area (Å²) in [6, 6.07) is 14.1. The van der Waals surface area contributed by atoms with E-state index in [2.05, 4.69) is 48.2 Å². The van der Waals surface area contributed by atoms with Gasteiger partial charge in [-0.25, -0.2) is 10.1 Å². The van der Waals surface area contributed by atoms with E-state index < -0.39 is 5.91 Å². The molecular weight excluding hydrogens is 486 g/mol. The van der Waals surface area contributed by atoms with Crippen molar-refractivity contribution in [1.29, 1.82) is 0 Å². The fourth-order valence-corrected chi connectivity index (χ4v) is 5.14. The summed E-state index contributed by atoms with van der Waals surface area (Å²) in [5.74, 6) is 0.561. The van der Waals surface area contributed by atoms with Gasteiger partial charge >= 0.3 is 0 Å². The van der Waals surface area contributed by atoms with Gasteiger partial charge in [0, 0.05) is 17.8 Å². The highest BCUT2D eigenvalue weighted by atomic mass is 16.6. The molecule has 0 unspecified atom stereocenters. The average Bonchev–Trinajstić information content (AvgIpc) is 3.57. The van der Waals surface area contributed by atoms with E-state index in [9.17, 15) is 4.79 Å². The van der Waals surface area contributed by atoms with Crippen molar-refractivity contribution in [3.63, 3.8) is 0 Å². The van der Waals surface area contributed by atoms with Crippen LogP contribution in [0.4, 0.5) is 11.5 Å². The normalized spacial score (nSPS) is 15.7. The lowest BCUT2D eigenvalue weighted by atomic mass is 9.90. The zero-order valence-electron chi connectivity index (χ0n) is 20.9. The first-order valence-electron chi connectivity index (χ1n) is 12.5. The number of hydrogen-bond donors (Lipinski definition) is 2. The van der Waals surface area contributed by atoms with E-state index >= 15 is 0 Å². The molecule has 0 bridgehead atoms. The number of para-hydroxylation sites is 1. The van der Waals surface area contributed by atoms with E-state index in [1.54, 1.807) is 7.11 Å². The largest absolute Gasteiger partial charge is 0.497 e. The molecule has 0 saturated heterocycles. The number of carbonyl (C=O) groups excluding carboxylic acids is 1. The van der Waals surface area contributed by atoms with Gasteiger partial charge in [-0.1, -0.05) is 23.4 Å². The summed E-state index contributed by atoms with van der Waals surface area (Å²) in [5, 5.41) is 20.4. The Morgan fingerprint density at radius 1 is 1.13 bits per heavy atom. The Bertz CT molecular complexity index is 1520. The molecule has 1 aliphatic carbocycles. The number of nitrogens with two attached hydrogens (primary N) is 1. The fraction of sp³-hybridized carbons (Fsp3) is 0.308. The van der Waals surface area contributed by atoms with Gasteiger partial charge in [-0.3, -0.25) is 4.79 Å². The first kappa shape index (κ1) is 23.6. The van der Waals surface area contributed by atoms with Crippen LogP contribution in [0.1, 0.15) is 52.1 Å². The van der Waals surface area contributed by atoms with Crippen LogP contribution < -0.4 is 20.8 Å². The van der Waals surface area contributed by atoms with E-state index in [4.69, 9.17) is 15.1 Å². The van der Waals surface area contributed by atoms with Gasteiger partial charge in [-0.05, 0) is 77.8 Å². The lowest BCUT2D eigenvalue weighted by Crippen LogP contribution is -2.31. The maximum absolute atomic E-state index is 13.4. The second-order valence-corrected chi connectivity index (χ2v) is 9.30. The minimum atomic E-state index is -0.472. The second-order valence-electron chi connectivity index (χ2n) is 9.30. The Labute approximate surface area is 218 Å². The molecule has 3 N–H and O–H groups in total. The number of fused-ring (bicyclic) bond motifs is 2. The van der Waals surface area contributed by atoms with Crippen molar-refractivity contribution >= 4 is 23.1 Å². The van der Waals surface area contributed by atoms with Gasteiger partial charge in [0.25, 0.3) is 5.91 Å². The van der Waals surface area contributed by atoms with Crippen molar-refractivity contribution in [2.75, 3.05) is 24.3 Å². The summed E-state index contributed by atoms with van der Waals surface area (Å²) in [6.07, 6.45) is 4.62. The van der Waals surface area contributed by atoms with Gasteiger partial charge in [0.1, 0.15) is 5.75 Å². The van der Waals surface area contributed by atoms with Gasteiger partial charge in [0.2, 0.25) is 11.6 Å². The Morgan fingerprint density at radius 2 is 2.00 bits per heavy atom. The Balaban J connectivity index is 1.32. The molecule has 0 fully saturated rings. The summed E-state index contributed by atoms with van der Waals surface area (Å²) in [4.78, 5) is 15.6. The minimum absolute atomic E-state index is 0.0524. The number of hydrogen-bond acceptors (Lipinski definition) is 10. The van der Waals surface area contributed by atoms with Crippen molar-refractivity contribution in [1.82, 2.24) is 30.7 Å². The Morgan fingerprint density at radius 3 is 2.84 bits per heavy atom. The maximum Gasteiger partial charge on any atom is 0.293 e. The number of nitrogens with zero attached hydrogens (tertiary/aromatic N) is 7. The monoisotopic (exact) mass is 513 g/mol. The third-order valence-electron chi connectivity index (χ3n) is 7.00. The molecule has 38 heavy (non-hydrogen) atoms. The van der Waals surface area contributed by atoms with Crippen LogP contribution in [0.2, 0.25) is 0 Å². The van der Waals surface area contributed by atoms with Gasteiger partial charge in [0.05, 0.1) is 25.1 Å². The van der Waals surface area contributed by atoms with Crippen molar-refractivity contribution < 1.29 is 14.2 Å². The maximum atomic E-state index is 13.4. The molecule has 3 heterocycles. The zero-order valence-corrected chi connectivity index (χ0v) is 20.9. The molecule has 0 saturated carbocycles. The molecule has 1 amide bonds. The number of nitrogens with one attached hydrogen (secondary N) is 1. The van der Waals surface area contributed by atoms with Gasteiger partial charge in [-0.15, -0.1) is 5.10 Å². The van der Waals surface area contributed by atoms with Crippen LogP contribution >= 0.6 is 0 Å². The van der Waals surface area contributed by atoms with Gasteiger partial charge in [-0.2, -0.15) is 9.78 Å². The first-order valence-corrected chi connectivity index (χ1v) is 12.5. The molecule has 4 aromatic rings. The number of benzene rings is 2. The van der Waals surface area contributed by atoms with Crippen molar-refractivity contribution in [3.05, 3.63) is 70.5 Å². The summed E-state index contributed by atoms with van der Waals surface area (Å²) in [5.41, 5.74) is 14.6. The SMILES string of the molecule is COc1ccc2c(c1)CCC/C2=N/NC(=O)c1nnn(-c2nonc2N)c1CN1CCCc2ccccc21. The van der Waals surface area contributed by atoms with Crippen molar-refractivity contribution in [2.24, 2.45) is 5.10 Å². The Hall–Kier alpha value is -4.74. The number of aromatic nitrogens is 5. The van der Waals surface area contributed by atoms with Crippen molar-refractivity contribution in [3.8, 4) is 11.6 Å². The lowest BCUT2D eigenvalue weighted by Gasteiger charge is -2.31. The molecule has 2 aromatic heterocycles. The predicted octanol–water partition coefficient (Wildman–Crippen LogP) is 2.66. The first-order chi connectivity index (χ1) is 18.6. The summed E-state index contributed by atoms with van der Waals surface area (Å²) in [7, 11) is 1.65. The number of aryl methyl sites for hydroxylation is 2. The molecule has 0 radical (unpaired) electrons. The van der Waals surface area contributed by atoms with E-state index in [-0.39, 0.29) is 17.3 Å². The Kier molecular flexibility index (Phi) is 6.20. The number of rotatable bonds is 6. The lowest BCUT2D eigenvalue weighted by molar-refractivity contribution is 0.0948. The third kappa shape index (κ3) is 4.33. The van der Waals surface area contributed by atoms with Gasteiger partial charge in [0.15, 0.2) is 5.69 Å². The number of carbonyl (C=O) groups is 1. The molecule has 2 aromatic carbocycles. The van der Waals surface area contributed by atoms with Crippen LogP contribution in [0.15, 0.2) is 52.2 Å². The predicted molar refractivity (Wildman–Crippen MR) is 139 cm³/mol. The number of nitrogen functional groups attached to an aromatic ring is 1. The molecule has 0 spiro atoms. The fourth-order valence-electron chi connectivity index (χ4n) is 5.14. The zero-order chi connectivity index (χ0) is 26.1. The van der Waals surface area contributed by atoms with Crippen LogP contribution in [-0.2, 0) is 19.4 Å². The molecule has 12 heteroatoms. The number of anilines is 2. The highest BCUT2D eigenvalue weighted by molar-refractivity contribution is 6.04. The molecule has 6 rings (SSSR count). The molecule has 194 valence electrons. The van der Waals surface area contributed by atoms with Crippen molar-refractivity contribution in [2.45, 2.75) is 38.6 Å². The topological polar surface area (TPSA) is 150 Å². The smallest absolute Gasteiger partial charge is 0.293 e. The molecular formula is C26H27N9O3. The van der Waals surface area contributed by atoms with Crippen LogP contribution in [-0.4, -0.2) is 50.6 Å². The quantitative estimate of drug-likeness (QED) is 0.371. The van der Waals surface area contributed by atoms with Crippen LogP contribution in [0.25, 0.3) is 5.82 Å². The molecule has 0 atom stereocenters. The van der Waals surface area contributed by atoms with E-state index in [0.29, 0.717) is 12.2 Å². The number of methoxy groups -OCH3 is 1. The van der Waals surface area contributed by atoms with Crippen LogP contribution in [0.5, 0.6) is 5.75 Å². The molecule has 2 aliphatic rings. The van der Waals surface area contributed by atoms with Crippen LogP contribution in [0, 0.1) is 0 Å². The number of hydrazone groups is 1. The molecule has 1 aliphatic heterocycles. The summed E-state index contributed by atoms with van der Waals surface area (Å²) >= 11 is 0. The van der Waals surface area contributed by atoms with E-state index in [0.717, 1.165) is 66.9 Å². The average molecular weight is 514 g/mol. The number of amides is 1. The van der Waals surface area contributed by atoms with Crippen LogP contribution in [0.3, 0.4) is 0 Å². The number of ether oxygens (including phenoxy) is 1. The summed E-state index contributed by atoms with van der Waals surface area (Å²) < 4.78 is 11.6. The third-order valence-corrected chi connectivity index (χ3v) is 7.00.